The van der Waals surface area contributed by atoms with E-state index < -0.39 is 0 Å². The van der Waals surface area contributed by atoms with E-state index in [1.807, 2.05) is 7.11 Å². The first-order valence-corrected chi connectivity index (χ1v) is 8.02. The van der Waals surface area contributed by atoms with Crippen LogP contribution in [-0.2, 0) is 4.74 Å². The van der Waals surface area contributed by atoms with E-state index in [1.54, 1.807) is 0 Å². The van der Waals surface area contributed by atoms with Gasteiger partial charge in [0.25, 0.3) is 0 Å². The molecule has 0 bridgehead atoms. The molecule has 18 heavy (non-hydrogen) atoms. The summed E-state index contributed by atoms with van der Waals surface area (Å²) in [6.45, 7) is 7.95. The van der Waals surface area contributed by atoms with E-state index >= 15 is 0 Å². The van der Waals surface area contributed by atoms with E-state index in [4.69, 9.17) is 4.74 Å². The van der Waals surface area contributed by atoms with Gasteiger partial charge in [-0.25, -0.2) is 0 Å². The van der Waals surface area contributed by atoms with Gasteiger partial charge in [0.1, 0.15) is 0 Å². The number of rotatable bonds is 8. The fraction of sp³-hybridized carbons (Fsp3) is 1.00. The fourth-order valence-electron chi connectivity index (χ4n) is 3.51. The topological polar surface area (TPSA) is 21.3 Å². The van der Waals surface area contributed by atoms with E-state index in [-0.39, 0.29) is 0 Å². The molecule has 1 aliphatic rings. The summed E-state index contributed by atoms with van der Waals surface area (Å²) < 4.78 is 5.72. The van der Waals surface area contributed by atoms with Gasteiger partial charge in [-0.3, -0.25) is 0 Å². The SMILES string of the molecule is CCCNC(C1CCCC(CC)C1)C(CC)OC. The highest BCUT2D eigenvalue weighted by Crippen LogP contribution is 2.34. The van der Waals surface area contributed by atoms with Crippen molar-refractivity contribution >= 4 is 0 Å². The van der Waals surface area contributed by atoms with Crippen molar-refractivity contribution < 1.29 is 4.74 Å². The molecule has 0 heterocycles. The molecule has 0 aromatic heterocycles. The van der Waals surface area contributed by atoms with Gasteiger partial charge in [-0.05, 0) is 44.1 Å². The molecule has 108 valence electrons. The minimum absolute atomic E-state index is 0.386. The highest BCUT2D eigenvalue weighted by Gasteiger charge is 2.31. The van der Waals surface area contributed by atoms with Gasteiger partial charge in [-0.15, -0.1) is 0 Å². The number of ether oxygens (including phenoxy) is 1. The zero-order valence-electron chi connectivity index (χ0n) is 12.9. The number of methoxy groups -OCH3 is 1. The summed E-state index contributed by atoms with van der Waals surface area (Å²) in [6.07, 6.45) is 9.70. The van der Waals surface area contributed by atoms with Crippen LogP contribution >= 0.6 is 0 Å². The Balaban J connectivity index is 2.61. The van der Waals surface area contributed by atoms with Crippen molar-refractivity contribution in [3.05, 3.63) is 0 Å². The van der Waals surface area contributed by atoms with Crippen LogP contribution in [0.1, 0.15) is 65.7 Å². The Morgan fingerprint density at radius 2 is 2.00 bits per heavy atom. The first kappa shape index (κ1) is 16.0. The second-order valence-electron chi connectivity index (χ2n) is 5.86. The molecule has 1 aliphatic carbocycles. The van der Waals surface area contributed by atoms with Crippen molar-refractivity contribution in [2.24, 2.45) is 11.8 Å². The fourth-order valence-corrected chi connectivity index (χ4v) is 3.51. The maximum Gasteiger partial charge on any atom is 0.0724 e. The summed E-state index contributed by atoms with van der Waals surface area (Å²) in [5.74, 6) is 1.77. The number of hydrogen-bond donors (Lipinski definition) is 1. The first-order chi connectivity index (χ1) is 8.76. The molecule has 0 aromatic rings. The zero-order chi connectivity index (χ0) is 13.4. The van der Waals surface area contributed by atoms with Crippen molar-refractivity contribution in [1.29, 1.82) is 0 Å². The van der Waals surface area contributed by atoms with Crippen molar-refractivity contribution in [3.63, 3.8) is 0 Å². The first-order valence-electron chi connectivity index (χ1n) is 8.02. The molecule has 1 rings (SSSR count). The average molecular weight is 255 g/mol. The quantitative estimate of drug-likeness (QED) is 0.708. The smallest absolute Gasteiger partial charge is 0.0724 e. The molecule has 0 saturated heterocycles. The minimum atomic E-state index is 0.386. The van der Waals surface area contributed by atoms with Crippen molar-refractivity contribution in [3.8, 4) is 0 Å². The lowest BCUT2D eigenvalue weighted by atomic mass is 9.75. The highest BCUT2D eigenvalue weighted by molar-refractivity contribution is 4.87. The third-order valence-corrected chi connectivity index (χ3v) is 4.64. The van der Waals surface area contributed by atoms with Gasteiger partial charge in [0.15, 0.2) is 0 Å². The van der Waals surface area contributed by atoms with Gasteiger partial charge in [0.2, 0.25) is 0 Å². The molecule has 0 aromatic carbocycles. The van der Waals surface area contributed by atoms with Gasteiger partial charge in [0.05, 0.1) is 6.10 Å². The Hall–Kier alpha value is -0.0800. The van der Waals surface area contributed by atoms with Crippen molar-refractivity contribution in [1.82, 2.24) is 5.32 Å². The van der Waals surface area contributed by atoms with Crippen LogP contribution in [0.2, 0.25) is 0 Å². The molecule has 1 saturated carbocycles. The van der Waals surface area contributed by atoms with Crippen LogP contribution in [0.15, 0.2) is 0 Å². The molecule has 2 nitrogen and oxygen atoms in total. The third-order valence-electron chi connectivity index (χ3n) is 4.64. The van der Waals surface area contributed by atoms with Crippen molar-refractivity contribution in [2.75, 3.05) is 13.7 Å². The second kappa shape index (κ2) is 8.92. The molecular formula is C16H33NO. The van der Waals surface area contributed by atoms with Crippen LogP contribution in [-0.4, -0.2) is 25.8 Å². The normalized spacial score (nSPS) is 28.0. The maximum atomic E-state index is 5.72. The molecule has 0 aliphatic heterocycles. The lowest BCUT2D eigenvalue weighted by molar-refractivity contribution is 0.0310. The molecular weight excluding hydrogens is 222 g/mol. The number of nitrogens with one attached hydrogen (secondary N) is 1. The zero-order valence-corrected chi connectivity index (χ0v) is 12.9. The van der Waals surface area contributed by atoms with Crippen molar-refractivity contribution in [2.45, 2.75) is 77.9 Å². The summed E-state index contributed by atoms with van der Waals surface area (Å²) in [5.41, 5.74) is 0. The molecule has 0 spiro atoms. The van der Waals surface area contributed by atoms with Crippen LogP contribution < -0.4 is 5.32 Å². The Labute approximate surface area is 114 Å². The summed E-state index contributed by atoms with van der Waals surface area (Å²) >= 11 is 0. The van der Waals surface area contributed by atoms with E-state index in [2.05, 4.69) is 26.1 Å². The van der Waals surface area contributed by atoms with Gasteiger partial charge in [-0.2, -0.15) is 0 Å². The minimum Gasteiger partial charge on any atom is -0.380 e. The van der Waals surface area contributed by atoms with Gasteiger partial charge >= 0.3 is 0 Å². The maximum absolute atomic E-state index is 5.72. The number of hydrogen-bond acceptors (Lipinski definition) is 2. The summed E-state index contributed by atoms with van der Waals surface area (Å²) in [5, 5.41) is 3.76. The summed E-state index contributed by atoms with van der Waals surface area (Å²) in [4.78, 5) is 0. The van der Waals surface area contributed by atoms with E-state index in [0.29, 0.717) is 12.1 Å². The predicted octanol–water partition coefficient (Wildman–Crippen LogP) is 4.00. The largest absolute Gasteiger partial charge is 0.380 e. The van der Waals surface area contributed by atoms with E-state index in [1.165, 1.54) is 38.5 Å². The summed E-state index contributed by atoms with van der Waals surface area (Å²) in [7, 11) is 1.87. The second-order valence-corrected chi connectivity index (χ2v) is 5.86. The Bertz CT molecular complexity index is 203. The molecule has 2 heteroatoms. The average Bonchev–Trinajstić information content (AvgIpc) is 2.43. The molecule has 1 fully saturated rings. The Morgan fingerprint density at radius 3 is 2.56 bits per heavy atom. The lowest BCUT2D eigenvalue weighted by Crippen LogP contribution is -2.47. The highest BCUT2D eigenvalue weighted by atomic mass is 16.5. The summed E-state index contributed by atoms with van der Waals surface area (Å²) in [6, 6.07) is 0.564. The van der Waals surface area contributed by atoms with Gasteiger partial charge in [0, 0.05) is 13.2 Å². The molecule has 4 unspecified atom stereocenters. The van der Waals surface area contributed by atoms with Gasteiger partial charge < -0.3 is 10.1 Å². The van der Waals surface area contributed by atoms with Crippen LogP contribution in [0.3, 0.4) is 0 Å². The van der Waals surface area contributed by atoms with E-state index in [9.17, 15) is 0 Å². The standard InChI is InChI=1S/C16H33NO/c1-5-11-17-16(15(7-3)18-4)14-10-8-9-13(6-2)12-14/h13-17H,5-12H2,1-4H3. The molecule has 4 atom stereocenters. The Morgan fingerprint density at radius 1 is 1.22 bits per heavy atom. The molecule has 0 amide bonds. The predicted molar refractivity (Wildman–Crippen MR) is 78.9 cm³/mol. The Kier molecular flexibility index (Phi) is 7.92. The molecule has 1 N–H and O–H groups in total. The van der Waals surface area contributed by atoms with Gasteiger partial charge in [-0.1, -0.05) is 40.0 Å². The van der Waals surface area contributed by atoms with Crippen LogP contribution in [0, 0.1) is 11.8 Å². The van der Waals surface area contributed by atoms with E-state index in [0.717, 1.165) is 24.8 Å². The van der Waals surface area contributed by atoms with Crippen LogP contribution in [0.25, 0.3) is 0 Å². The third kappa shape index (κ3) is 4.55. The van der Waals surface area contributed by atoms with Crippen LogP contribution in [0.4, 0.5) is 0 Å². The van der Waals surface area contributed by atoms with Crippen LogP contribution in [0.5, 0.6) is 0 Å². The molecule has 0 radical (unpaired) electrons. The lowest BCUT2D eigenvalue weighted by Gasteiger charge is -2.38. The monoisotopic (exact) mass is 255 g/mol.